The number of nitrogen functional groups attached to an aromatic ring is 1. The summed E-state index contributed by atoms with van der Waals surface area (Å²) in [5.41, 5.74) is 8.02. The van der Waals surface area contributed by atoms with Crippen molar-refractivity contribution >= 4 is 29.0 Å². The van der Waals surface area contributed by atoms with E-state index in [1.807, 2.05) is 43.1 Å². The Hall–Kier alpha value is -1.36. The van der Waals surface area contributed by atoms with Crippen LogP contribution in [-0.4, -0.2) is 50.0 Å². The van der Waals surface area contributed by atoms with E-state index in [0.717, 1.165) is 17.9 Å². The average molecular weight is 295 g/mol. The molecule has 1 rings (SSSR count). The van der Waals surface area contributed by atoms with Crippen molar-refractivity contribution in [1.82, 2.24) is 4.90 Å². The summed E-state index contributed by atoms with van der Waals surface area (Å²) in [5, 5.41) is 0. The molecule has 112 valence electrons. The van der Waals surface area contributed by atoms with Crippen molar-refractivity contribution in [2.45, 2.75) is 19.4 Å². The van der Waals surface area contributed by atoms with E-state index in [0.29, 0.717) is 11.3 Å². The number of hydrogen-bond donors (Lipinski definition) is 1. The van der Waals surface area contributed by atoms with Crippen LogP contribution in [0.25, 0.3) is 0 Å². The number of benzene rings is 1. The smallest absolute Gasteiger partial charge is 0.256 e. The zero-order valence-corrected chi connectivity index (χ0v) is 13.8. The van der Waals surface area contributed by atoms with Crippen molar-refractivity contribution in [3.05, 3.63) is 23.8 Å². The third-order valence-corrected chi connectivity index (χ3v) is 4.15. The molecule has 0 saturated heterocycles. The Morgan fingerprint density at radius 1 is 1.35 bits per heavy atom. The van der Waals surface area contributed by atoms with Gasteiger partial charge in [0, 0.05) is 44.3 Å². The number of thioether (sulfide) groups is 1. The summed E-state index contributed by atoms with van der Waals surface area (Å²) in [4.78, 5) is 16.5. The molecule has 1 amide bonds. The van der Waals surface area contributed by atoms with Gasteiger partial charge in [-0.2, -0.15) is 11.8 Å². The highest BCUT2D eigenvalue weighted by atomic mass is 32.2. The van der Waals surface area contributed by atoms with Gasteiger partial charge < -0.3 is 15.5 Å². The van der Waals surface area contributed by atoms with E-state index < -0.39 is 0 Å². The van der Waals surface area contributed by atoms with E-state index in [2.05, 4.69) is 13.2 Å². The molecule has 1 aromatic carbocycles. The van der Waals surface area contributed by atoms with Crippen LogP contribution >= 0.6 is 11.8 Å². The first-order valence-corrected chi connectivity index (χ1v) is 8.14. The van der Waals surface area contributed by atoms with Crippen LogP contribution in [0, 0.1) is 0 Å². The van der Waals surface area contributed by atoms with Gasteiger partial charge in [-0.15, -0.1) is 0 Å². The molecule has 0 aromatic heterocycles. The van der Waals surface area contributed by atoms with Crippen molar-refractivity contribution in [2.75, 3.05) is 43.8 Å². The maximum absolute atomic E-state index is 12.7. The minimum absolute atomic E-state index is 0.0295. The lowest BCUT2D eigenvalue weighted by Crippen LogP contribution is -2.38. The molecule has 1 atom stereocenters. The van der Waals surface area contributed by atoms with Crippen LogP contribution in [-0.2, 0) is 0 Å². The standard InChI is InChI=1S/C15H25N3OS/c1-6-12(10-20-5)18(4)15(19)13-9-11(16)7-8-14(13)17(2)3/h7-9,12H,6,10,16H2,1-5H3. The van der Waals surface area contributed by atoms with Gasteiger partial charge >= 0.3 is 0 Å². The summed E-state index contributed by atoms with van der Waals surface area (Å²) < 4.78 is 0. The fraction of sp³-hybridized carbons (Fsp3) is 0.533. The molecule has 0 aliphatic rings. The zero-order valence-electron chi connectivity index (χ0n) is 13.0. The Labute approximate surface area is 126 Å². The van der Waals surface area contributed by atoms with Gasteiger partial charge in [-0.25, -0.2) is 0 Å². The maximum atomic E-state index is 12.7. The predicted octanol–water partition coefficient (Wildman–Crippen LogP) is 2.55. The van der Waals surface area contributed by atoms with Gasteiger partial charge in [0.1, 0.15) is 0 Å². The largest absolute Gasteiger partial charge is 0.399 e. The van der Waals surface area contributed by atoms with Crippen molar-refractivity contribution in [3.63, 3.8) is 0 Å². The zero-order chi connectivity index (χ0) is 15.3. The Morgan fingerprint density at radius 2 is 2.00 bits per heavy atom. The number of amides is 1. The summed E-state index contributed by atoms with van der Waals surface area (Å²) in [7, 11) is 5.73. The number of carbonyl (C=O) groups excluding carboxylic acids is 1. The lowest BCUT2D eigenvalue weighted by atomic mass is 10.1. The minimum Gasteiger partial charge on any atom is -0.399 e. The van der Waals surface area contributed by atoms with Crippen LogP contribution in [0.3, 0.4) is 0 Å². The Kier molecular flexibility index (Phi) is 6.20. The van der Waals surface area contributed by atoms with Crippen molar-refractivity contribution in [1.29, 1.82) is 0 Å². The third-order valence-electron chi connectivity index (χ3n) is 3.43. The molecule has 5 heteroatoms. The Bertz CT molecular complexity index is 462. The monoisotopic (exact) mass is 295 g/mol. The van der Waals surface area contributed by atoms with Gasteiger partial charge in [-0.1, -0.05) is 6.92 Å². The average Bonchev–Trinajstić information content (AvgIpc) is 2.42. The van der Waals surface area contributed by atoms with Crippen LogP contribution in [0.5, 0.6) is 0 Å². The van der Waals surface area contributed by atoms with Gasteiger partial charge in [0.05, 0.1) is 5.56 Å². The second-order valence-electron chi connectivity index (χ2n) is 5.10. The van der Waals surface area contributed by atoms with Crippen LogP contribution in [0.1, 0.15) is 23.7 Å². The highest BCUT2D eigenvalue weighted by molar-refractivity contribution is 7.98. The minimum atomic E-state index is 0.0295. The molecule has 0 heterocycles. The molecular weight excluding hydrogens is 270 g/mol. The molecule has 0 aliphatic heterocycles. The molecule has 0 aliphatic carbocycles. The topological polar surface area (TPSA) is 49.6 Å². The number of anilines is 2. The number of nitrogens with zero attached hydrogens (tertiary/aromatic N) is 2. The first kappa shape index (κ1) is 16.7. The number of carbonyl (C=O) groups is 1. The molecule has 1 unspecified atom stereocenters. The van der Waals surface area contributed by atoms with Gasteiger partial charge in [0.2, 0.25) is 0 Å². The van der Waals surface area contributed by atoms with E-state index >= 15 is 0 Å². The first-order valence-electron chi connectivity index (χ1n) is 6.75. The van der Waals surface area contributed by atoms with Crippen molar-refractivity contribution in [3.8, 4) is 0 Å². The van der Waals surface area contributed by atoms with Crippen molar-refractivity contribution in [2.24, 2.45) is 0 Å². The van der Waals surface area contributed by atoms with Gasteiger partial charge in [-0.3, -0.25) is 4.79 Å². The normalized spacial score (nSPS) is 12.1. The highest BCUT2D eigenvalue weighted by Crippen LogP contribution is 2.24. The van der Waals surface area contributed by atoms with Gasteiger partial charge in [-0.05, 0) is 30.9 Å². The Morgan fingerprint density at radius 3 is 2.50 bits per heavy atom. The third kappa shape index (κ3) is 3.82. The first-order chi connectivity index (χ1) is 9.42. The Balaban J connectivity index is 3.10. The molecular formula is C15H25N3OS. The molecule has 0 spiro atoms. The molecule has 4 nitrogen and oxygen atoms in total. The quantitative estimate of drug-likeness (QED) is 0.819. The fourth-order valence-electron chi connectivity index (χ4n) is 2.17. The van der Waals surface area contributed by atoms with Gasteiger partial charge in [0.15, 0.2) is 0 Å². The molecule has 2 N–H and O–H groups in total. The molecule has 0 saturated carbocycles. The van der Waals surface area contributed by atoms with E-state index in [-0.39, 0.29) is 11.9 Å². The molecule has 0 fully saturated rings. The lowest BCUT2D eigenvalue weighted by molar-refractivity contribution is 0.0744. The molecule has 20 heavy (non-hydrogen) atoms. The van der Waals surface area contributed by atoms with E-state index in [1.54, 1.807) is 17.8 Å². The summed E-state index contributed by atoms with van der Waals surface area (Å²) in [6.07, 6.45) is 3.01. The van der Waals surface area contributed by atoms with E-state index in [9.17, 15) is 4.79 Å². The predicted molar refractivity (Wildman–Crippen MR) is 89.7 cm³/mol. The van der Waals surface area contributed by atoms with Crippen LogP contribution in [0.4, 0.5) is 11.4 Å². The fourth-order valence-corrected chi connectivity index (χ4v) is 3.01. The highest BCUT2D eigenvalue weighted by Gasteiger charge is 2.22. The van der Waals surface area contributed by atoms with E-state index in [1.165, 1.54) is 0 Å². The van der Waals surface area contributed by atoms with Crippen molar-refractivity contribution < 1.29 is 4.79 Å². The lowest BCUT2D eigenvalue weighted by Gasteiger charge is -2.28. The van der Waals surface area contributed by atoms with Crippen LogP contribution < -0.4 is 10.6 Å². The van der Waals surface area contributed by atoms with Crippen LogP contribution in [0.15, 0.2) is 18.2 Å². The summed E-state index contributed by atoms with van der Waals surface area (Å²) in [5.74, 6) is 0.972. The summed E-state index contributed by atoms with van der Waals surface area (Å²) in [6.45, 7) is 2.11. The summed E-state index contributed by atoms with van der Waals surface area (Å²) in [6, 6.07) is 5.73. The number of nitrogens with two attached hydrogens (primary N) is 1. The van der Waals surface area contributed by atoms with E-state index in [4.69, 9.17) is 5.73 Å². The van der Waals surface area contributed by atoms with Crippen LogP contribution in [0.2, 0.25) is 0 Å². The summed E-state index contributed by atoms with van der Waals surface area (Å²) >= 11 is 1.76. The van der Waals surface area contributed by atoms with Gasteiger partial charge in [0.25, 0.3) is 5.91 Å². The second-order valence-corrected chi connectivity index (χ2v) is 6.02. The maximum Gasteiger partial charge on any atom is 0.256 e. The molecule has 1 aromatic rings. The number of rotatable bonds is 6. The number of hydrogen-bond acceptors (Lipinski definition) is 4. The molecule has 0 bridgehead atoms. The SMILES string of the molecule is CCC(CSC)N(C)C(=O)c1cc(N)ccc1N(C)C. The molecule has 0 radical (unpaired) electrons. The second kappa shape index (κ2) is 7.43.